The van der Waals surface area contributed by atoms with E-state index in [4.69, 9.17) is 10.1 Å². The van der Waals surface area contributed by atoms with Crippen molar-refractivity contribution in [1.82, 2.24) is 0 Å². The van der Waals surface area contributed by atoms with E-state index in [2.05, 4.69) is 49.5 Å². The van der Waals surface area contributed by atoms with Crippen LogP contribution in [0.4, 0.5) is 0 Å². The summed E-state index contributed by atoms with van der Waals surface area (Å²) in [5.74, 6) is 0.397. The van der Waals surface area contributed by atoms with Crippen molar-refractivity contribution in [3.63, 3.8) is 0 Å². The summed E-state index contributed by atoms with van der Waals surface area (Å²) in [6.45, 7) is 4.99. The summed E-state index contributed by atoms with van der Waals surface area (Å²) in [6.07, 6.45) is 19.6. The summed E-state index contributed by atoms with van der Waals surface area (Å²) >= 11 is -1.59. The molecular weight excluding hydrogens is 373 g/mol. The summed E-state index contributed by atoms with van der Waals surface area (Å²) in [4.78, 5) is 0. The molecule has 0 spiro atoms. The number of allylic oxidation sites excluding steroid dienone is 10. The molecule has 1 saturated heterocycles. The zero-order valence-corrected chi connectivity index (χ0v) is 15.0. The molecule has 1 aliphatic heterocycles. The summed E-state index contributed by atoms with van der Waals surface area (Å²) in [5, 5.41) is 8.10. The van der Waals surface area contributed by atoms with Crippen LogP contribution in [0.2, 0.25) is 0 Å². The maximum atomic E-state index is 8.10. The van der Waals surface area contributed by atoms with E-state index in [1.54, 1.807) is 0 Å². The Morgan fingerprint density at radius 2 is 2.29 bits per heavy atom. The van der Waals surface area contributed by atoms with Crippen LogP contribution in [0.3, 0.4) is 0 Å². The number of alkyl halides is 1. The molecule has 2 aliphatic rings. The average molecular weight is 397 g/mol. The summed E-state index contributed by atoms with van der Waals surface area (Å²) < 4.78 is 8.58. The summed E-state index contributed by atoms with van der Waals surface area (Å²) in [6, 6.07) is 0. The molecule has 1 fully saturated rings. The van der Waals surface area contributed by atoms with Gasteiger partial charge in [0.15, 0.2) is 0 Å². The molecule has 0 aromatic rings. The number of hydrogen-bond donors (Lipinski definition) is 1. The van der Waals surface area contributed by atoms with E-state index in [0.29, 0.717) is 9.82 Å². The van der Waals surface area contributed by atoms with Crippen LogP contribution in [0.25, 0.3) is 0 Å². The Labute approximate surface area is 135 Å². The molecule has 1 N–H and O–H groups in total. The van der Waals surface area contributed by atoms with Crippen LogP contribution in [0.15, 0.2) is 57.8 Å². The van der Waals surface area contributed by atoms with Crippen LogP contribution >= 0.6 is 19.8 Å². The predicted octanol–water partition coefficient (Wildman–Crippen LogP) is 5.39. The van der Waals surface area contributed by atoms with Gasteiger partial charge in [-0.1, -0.05) is 0 Å². The van der Waals surface area contributed by atoms with Crippen LogP contribution in [-0.4, -0.2) is 14.9 Å². The van der Waals surface area contributed by atoms with Gasteiger partial charge in [0.25, 0.3) is 0 Å². The third-order valence-corrected chi connectivity index (χ3v) is 8.86. The van der Waals surface area contributed by atoms with Crippen molar-refractivity contribution in [2.45, 2.75) is 26.7 Å². The van der Waals surface area contributed by atoms with Gasteiger partial charge in [0.1, 0.15) is 0 Å². The van der Waals surface area contributed by atoms with Crippen molar-refractivity contribution in [1.29, 1.82) is 5.41 Å². The molecule has 2 nitrogen and oxygen atoms in total. The Bertz CT molecular complexity index is 525. The van der Waals surface area contributed by atoms with Gasteiger partial charge in [-0.05, 0) is 0 Å². The van der Waals surface area contributed by atoms with Gasteiger partial charge in [-0.3, -0.25) is 0 Å². The van der Waals surface area contributed by atoms with Crippen molar-refractivity contribution in [3.8, 4) is 0 Å². The Morgan fingerprint density at radius 3 is 2.90 bits per heavy atom. The fourth-order valence-corrected chi connectivity index (χ4v) is 7.46. The van der Waals surface area contributed by atoms with Gasteiger partial charge < -0.3 is 0 Å². The molecule has 0 aromatic heterocycles. The molecule has 0 amide bonds. The van der Waals surface area contributed by atoms with Gasteiger partial charge in [0.05, 0.1) is 0 Å². The minimum atomic E-state index is -1.59. The molecule has 1 atom stereocenters. The fourth-order valence-electron chi connectivity index (χ4n) is 2.32. The van der Waals surface area contributed by atoms with Gasteiger partial charge in [-0.25, -0.2) is 0 Å². The fraction of sp³-hybridized carbons (Fsp3) is 0.389. The third kappa shape index (κ3) is 4.70. The van der Waals surface area contributed by atoms with Crippen LogP contribution in [-0.2, 0) is 4.74 Å². The first kappa shape index (κ1) is 16.3. The number of ether oxygens (including phenoxy) is 1. The van der Waals surface area contributed by atoms with Gasteiger partial charge in [0, 0.05) is 0 Å². The SMILES string of the molecule is C/C=C\C=C/C(C)/C=C(\C1=CC=CCC1)I1CCOC1=N. The Kier molecular flexibility index (Phi) is 6.49. The van der Waals surface area contributed by atoms with E-state index >= 15 is 0 Å². The average Bonchev–Trinajstić information content (AvgIpc) is 2.92. The topological polar surface area (TPSA) is 33.1 Å². The number of halogens is 1. The van der Waals surface area contributed by atoms with Crippen molar-refractivity contribution >= 4 is 23.7 Å². The Morgan fingerprint density at radius 1 is 1.43 bits per heavy atom. The van der Waals surface area contributed by atoms with Crippen LogP contribution < -0.4 is 0 Å². The van der Waals surface area contributed by atoms with E-state index in [0.717, 1.165) is 23.9 Å². The van der Waals surface area contributed by atoms with Crippen molar-refractivity contribution in [3.05, 3.63) is 57.8 Å². The van der Waals surface area contributed by atoms with Crippen LogP contribution in [0.5, 0.6) is 0 Å². The molecule has 3 heteroatoms. The molecule has 21 heavy (non-hydrogen) atoms. The van der Waals surface area contributed by atoms with Crippen LogP contribution in [0, 0.1) is 11.3 Å². The van der Waals surface area contributed by atoms with E-state index in [1.165, 1.54) is 9.15 Å². The Hall–Kier alpha value is -1.10. The van der Waals surface area contributed by atoms with Gasteiger partial charge in [0.2, 0.25) is 0 Å². The molecule has 2 rings (SSSR count). The second kappa shape index (κ2) is 8.37. The molecule has 0 saturated carbocycles. The van der Waals surface area contributed by atoms with E-state index in [1.807, 2.05) is 13.0 Å². The molecule has 114 valence electrons. The van der Waals surface area contributed by atoms with Crippen molar-refractivity contribution in [2.75, 3.05) is 11.0 Å². The summed E-state index contributed by atoms with van der Waals surface area (Å²) in [7, 11) is 0. The third-order valence-electron chi connectivity index (χ3n) is 3.40. The van der Waals surface area contributed by atoms with Gasteiger partial charge in [-0.15, -0.1) is 0 Å². The molecule has 0 radical (unpaired) electrons. The first-order chi connectivity index (χ1) is 10.2. The first-order valence-corrected chi connectivity index (χ1v) is 11.1. The Balaban J connectivity index is 2.24. The van der Waals surface area contributed by atoms with Gasteiger partial charge in [-0.2, -0.15) is 0 Å². The zero-order chi connectivity index (χ0) is 15.1. The standard InChI is InChI=1S/C18H24INO/c1-3-4-6-9-15(2)14-17(16-10-7-5-8-11-16)19-12-13-21-18(19)20/h3-7,9-10,14-15,20H,8,11-13H2,1-2H3/b4-3-,9-6-,17-14+,20-18?. The zero-order valence-electron chi connectivity index (χ0n) is 12.8. The number of nitrogens with one attached hydrogen (secondary N) is 1. The number of hydrogen-bond acceptors (Lipinski definition) is 2. The second-order valence-electron chi connectivity index (χ2n) is 5.12. The molecule has 1 aliphatic carbocycles. The van der Waals surface area contributed by atoms with Crippen molar-refractivity contribution in [2.24, 2.45) is 5.92 Å². The predicted molar refractivity (Wildman–Crippen MR) is 100 cm³/mol. The monoisotopic (exact) mass is 397 g/mol. The van der Waals surface area contributed by atoms with Gasteiger partial charge >= 0.3 is 135 Å². The molecular formula is C18H24INO. The normalized spacial score (nSPS) is 23.0. The first-order valence-electron chi connectivity index (χ1n) is 7.47. The van der Waals surface area contributed by atoms with Crippen LogP contribution in [0.1, 0.15) is 26.7 Å². The number of rotatable bonds is 5. The molecule has 1 heterocycles. The molecule has 0 bridgehead atoms. The van der Waals surface area contributed by atoms with E-state index in [-0.39, 0.29) is 0 Å². The van der Waals surface area contributed by atoms with E-state index in [9.17, 15) is 0 Å². The minimum absolute atomic E-state index is 0.397. The van der Waals surface area contributed by atoms with E-state index < -0.39 is 19.8 Å². The van der Waals surface area contributed by atoms with Crippen molar-refractivity contribution < 1.29 is 4.74 Å². The quantitative estimate of drug-likeness (QED) is 0.377. The maximum absolute atomic E-state index is 8.10. The molecule has 0 aromatic carbocycles. The second-order valence-corrected chi connectivity index (χ2v) is 10.4. The summed E-state index contributed by atoms with van der Waals surface area (Å²) in [5.41, 5.74) is 1.43. The molecule has 1 unspecified atom stereocenters.